The predicted molar refractivity (Wildman–Crippen MR) is 49.8 cm³/mol. The fourth-order valence-electron chi connectivity index (χ4n) is 0.846. The van der Waals surface area contributed by atoms with E-state index in [2.05, 4.69) is 21.0 Å². The van der Waals surface area contributed by atoms with Crippen LogP contribution in [0.15, 0.2) is 15.5 Å². The summed E-state index contributed by atoms with van der Waals surface area (Å²) in [6.07, 6.45) is 1.42. The molecular weight excluding hydrogens is 240 g/mol. The van der Waals surface area contributed by atoms with Gasteiger partial charge in [0.1, 0.15) is 4.47 Å². The van der Waals surface area contributed by atoms with Crippen molar-refractivity contribution in [2.75, 3.05) is 13.7 Å². The molecule has 72 valence electrons. The Morgan fingerprint density at radius 3 is 3.00 bits per heavy atom. The average molecular weight is 249 g/mol. The van der Waals surface area contributed by atoms with Crippen molar-refractivity contribution in [3.63, 3.8) is 0 Å². The van der Waals surface area contributed by atoms with E-state index < -0.39 is 0 Å². The molecule has 6 heteroatoms. The predicted octanol–water partition coefficient (Wildman–Crippen LogP) is 0.00670. The van der Waals surface area contributed by atoms with Gasteiger partial charge in [0, 0.05) is 0 Å². The van der Waals surface area contributed by atoms with Gasteiger partial charge in [-0.05, 0) is 15.9 Å². The first-order valence-electron chi connectivity index (χ1n) is 3.61. The molecule has 0 aliphatic rings. The summed E-state index contributed by atoms with van der Waals surface area (Å²) in [6, 6.07) is 0. The van der Waals surface area contributed by atoms with Crippen LogP contribution in [0.4, 0.5) is 0 Å². The third-order valence-electron chi connectivity index (χ3n) is 1.48. The SMILES string of the molecule is COc1cnn(CCO)c(=O)c1Br. The van der Waals surface area contributed by atoms with E-state index >= 15 is 0 Å². The van der Waals surface area contributed by atoms with Gasteiger partial charge in [-0.2, -0.15) is 5.10 Å². The molecule has 0 saturated heterocycles. The molecule has 0 unspecified atom stereocenters. The second-order valence-electron chi connectivity index (χ2n) is 2.28. The van der Waals surface area contributed by atoms with Crippen molar-refractivity contribution in [2.24, 2.45) is 0 Å². The van der Waals surface area contributed by atoms with Crippen LogP contribution < -0.4 is 10.3 Å². The van der Waals surface area contributed by atoms with Crippen molar-refractivity contribution < 1.29 is 9.84 Å². The molecule has 0 aromatic carbocycles. The number of nitrogens with zero attached hydrogens (tertiary/aromatic N) is 2. The van der Waals surface area contributed by atoms with Crippen LogP contribution in [0.25, 0.3) is 0 Å². The molecule has 1 aromatic heterocycles. The van der Waals surface area contributed by atoms with E-state index in [0.717, 1.165) is 4.68 Å². The van der Waals surface area contributed by atoms with Gasteiger partial charge in [0.05, 0.1) is 26.5 Å². The lowest BCUT2D eigenvalue weighted by Crippen LogP contribution is -2.25. The Morgan fingerprint density at radius 2 is 2.46 bits per heavy atom. The molecule has 0 amide bonds. The quantitative estimate of drug-likeness (QED) is 0.819. The van der Waals surface area contributed by atoms with E-state index in [9.17, 15) is 4.79 Å². The van der Waals surface area contributed by atoms with Crippen LogP contribution >= 0.6 is 15.9 Å². The Hall–Kier alpha value is -0.880. The van der Waals surface area contributed by atoms with Crippen LogP contribution in [0, 0.1) is 0 Å². The van der Waals surface area contributed by atoms with Gasteiger partial charge in [-0.3, -0.25) is 4.79 Å². The maximum absolute atomic E-state index is 11.4. The summed E-state index contributed by atoms with van der Waals surface area (Å²) < 4.78 is 6.35. The van der Waals surface area contributed by atoms with Crippen molar-refractivity contribution in [3.05, 3.63) is 21.0 Å². The van der Waals surface area contributed by atoms with Gasteiger partial charge in [0.2, 0.25) is 0 Å². The van der Waals surface area contributed by atoms with E-state index in [0.29, 0.717) is 10.2 Å². The van der Waals surface area contributed by atoms with Crippen molar-refractivity contribution in [3.8, 4) is 5.75 Å². The summed E-state index contributed by atoms with van der Waals surface area (Å²) in [5, 5.41) is 12.4. The minimum absolute atomic E-state index is 0.119. The lowest BCUT2D eigenvalue weighted by Gasteiger charge is -2.05. The third-order valence-corrected chi connectivity index (χ3v) is 2.21. The molecule has 0 aliphatic carbocycles. The van der Waals surface area contributed by atoms with Gasteiger partial charge in [-0.1, -0.05) is 0 Å². The molecule has 1 heterocycles. The Labute approximate surface area is 83.1 Å². The molecule has 5 nitrogen and oxygen atoms in total. The maximum Gasteiger partial charge on any atom is 0.284 e. The standard InChI is InChI=1S/C7H9BrN2O3/c1-13-5-4-9-10(2-3-11)7(12)6(5)8/h4,11H,2-3H2,1H3. The first-order chi connectivity index (χ1) is 6.20. The van der Waals surface area contributed by atoms with E-state index in [4.69, 9.17) is 9.84 Å². The second kappa shape index (κ2) is 4.38. The van der Waals surface area contributed by atoms with Crippen molar-refractivity contribution >= 4 is 15.9 Å². The molecule has 0 fully saturated rings. The molecule has 1 N–H and O–H groups in total. The molecule has 0 saturated carbocycles. The number of hydrogen-bond donors (Lipinski definition) is 1. The normalized spacial score (nSPS) is 10.1. The van der Waals surface area contributed by atoms with Crippen LogP contribution in [0.2, 0.25) is 0 Å². The number of aromatic nitrogens is 2. The summed E-state index contributed by atoms with van der Waals surface area (Å²) >= 11 is 3.08. The lowest BCUT2D eigenvalue weighted by molar-refractivity contribution is 0.265. The second-order valence-corrected chi connectivity index (χ2v) is 3.07. The molecule has 0 bridgehead atoms. The summed E-state index contributed by atoms with van der Waals surface area (Å²) in [5.74, 6) is 0.388. The first kappa shape index (κ1) is 10.2. The number of halogens is 1. The number of rotatable bonds is 3. The summed E-state index contributed by atoms with van der Waals surface area (Å²) in [6.45, 7) is 0.0626. The highest BCUT2D eigenvalue weighted by atomic mass is 79.9. The third kappa shape index (κ3) is 2.07. The Kier molecular flexibility index (Phi) is 3.44. The fourth-order valence-corrected chi connectivity index (χ4v) is 1.32. The fraction of sp³-hybridized carbons (Fsp3) is 0.429. The number of aliphatic hydroxyl groups is 1. The zero-order valence-corrected chi connectivity index (χ0v) is 8.61. The van der Waals surface area contributed by atoms with Crippen LogP contribution in [0.5, 0.6) is 5.75 Å². The summed E-state index contributed by atoms with van der Waals surface area (Å²) in [5.41, 5.74) is -0.312. The monoisotopic (exact) mass is 248 g/mol. The van der Waals surface area contributed by atoms with Crippen LogP contribution in [-0.4, -0.2) is 28.6 Å². The van der Waals surface area contributed by atoms with Crippen LogP contribution in [0.3, 0.4) is 0 Å². The van der Waals surface area contributed by atoms with Gasteiger partial charge in [0.25, 0.3) is 5.56 Å². The minimum atomic E-state index is -0.312. The van der Waals surface area contributed by atoms with Gasteiger partial charge in [0.15, 0.2) is 5.75 Å². The number of ether oxygens (including phenoxy) is 1. The Bertz CT molecular complexity index is 350. The minimum Gasteiger partial charge on any atom is -0.494 e. The van der Waals surface area contributed by atoms with Crippen LogP contribution in [0.1, 0.15) is 0 Å². The zero-order chi connectivity index (χ0) is 9.84. The average Bonchev–Trinajstić information content (AvgIpc) is 2.14. The van der Waals surface area contributed by atoms with E-state index in [-0.39, 0.29) is 18.7 Å². The molecule has 13 heavy (non-hydrogen) atoms. The number of methoxy groups -OCH3 is 1. The first-order valence-corrected chi connectivity index (χ1v) is 4.40. The molecule has 1 aromatic rings. The Morgan fingerprint density at radius 1 is 1.77 bits per heavy atom. The van der Waals surface area contributed by atoms with Crippen molar-refractivity contribution in [2.45, 2.75) is 6.54 Å². The molecule has 1 rings (SSSR count). The van der Waals surface area contributed by atoms with Gasteiger partial charge in [-0.15, -0.1) is 0 Å². The van der Waals surface area contributed by atoms with E-state index in [1.165, 1.54) is 13.3 Å². The molecule has 0 spiro atoms. The van der Waals surface area contributed by atoms with Crippen LogP contribution in [-0.2, 0) is 6.54 Å². The van der Waals surface area contributed by atoms with Crippen molar-refractivity contribution in [1.29, 1.82) is 0 Å². The number of hydrogen-bond acceptors (Lipinski definition) is 4. The molecule has 0 radical (unpaired) electrons. The topological polar surface area (TPSA) is 64.3 Å². The van der Waals surface area contributed by atoms with Gasteiger partial charge >= 0.3 is 0 Å². The molecule has 0 aliphatic heterocycles. The number of aliphatic hydroxyl groups excluding tert-OH is 1. The highest BCUT2D eigenvalue weighted by Crippen LogP contribution is 2.17. The van der Waals surface area contributed by atoms with Crippen molar-refractivity contribution in [1.82, 2.24) is 9.78 Å². The lowest BCUT2D eigenvalue weighted by atomic mass is 10.5. The Balaban J connectivity index is 3.16. The maximum atomic E-state index is 11.4. The largest absolute Gasteiger partial charge is 0.494 e. The van der Waals surface area contributed by atoms with E-state index in [1.807, 2.05) is 0 Å². The highest BCUT2D eigenvalue weighted by Gasteiger charge is 2.07. The van der Waals surface area contributed by atoms with Gasteiger partial charge in [-0.25, -0.2) is 4.68 Å². The zero-order valence-electron chi connectivity index (χ0n) is 7.03. The van der Waals surface area contributed by atoms with Gasteiger partial charge < -0.3 is 9.84 Å². The molecule has 0 atom stereocenters. The van der Waals surface area contributed by atoms with E-state index in [1.54, 1.807) is 0 Å². The summed E-state index contributed by atoms with van der Waals surface area (Å²) in [4.78, 5) is 11.4. The smallest absolute Gasteiger partial charge is 0.284 e. The summed E-state index contributed by atoms with van der Waals surface area (Å²) in [7, 11) is 1.46. The highest BCUT2D eigenvalue weighted by molar-refractivity contribution is 9.10. The molecular formula is C7H9BrN2O3.